The summed E-state index contributed by atoms with van der Waals surface area (Å²) in [5, 5.41) is 7.77. The third kappa shape index (κ3) is 4.13. The number of benzene rings is 2. The maximum Gasteiger partial charge on any atom is 0.410 e. The van der Waals surface area contributed by atoms with Crippen molar-refractivity contribution in [1.82, 2.24) is 10.3 Å². The zero-order valence-corrected chi connectivity index (χ0v) is 19.8. The van der Waals surface area contributed by atoms with Crippen molar-refractivity contribution in [2.75, 3.05) is 29.9 Å². The first-order valence-electron chi connectivity index (χ1n) is 11.5. The number of hydrogen-bond donors (Lipinski definition) is 2. The van der Waals surface area contributed by atoms with Crippen LogP contribution in [0.15, 0.2) is 47.6 Å². The standard InChI is InChI=1S/C25H29N5O4/c1-15-23(31)28-27-22-14-33-21-10-18(16-8-6-5-7-9-16)19(11-20(21)30(15)22)26-17-12-29(13-17)24(32)34-25(2,3)4/h5-11,15,17,26H,12-14H2,1-4H3,(H,28,31). The Labute approximate surface area is 198 Å². The van der Waals surface area contributed by atoms with Gasteiger partial charge >= 0.3 is 6.09 Å². The number of hydrazone groups is 1. The molecule has 0 radical (unpaired) electrons. The highest BCUT2D eigenvalue weighted by Gasteiger charge is 2.37. The van der Waals surface area contributed by atoms with E-state index in [-0.39, 0.29) is 24.6 Å². The molecule has 0 aliphatic carbocycles. The largest absolute Gasteiger partial charge is 0.483 e. The molecule has 0 spiro atoms. The first-order valence-corrected chi connectivity index (χ1v) is 11.5. The van der Waals surface area contributed by atoms with Crippen molar-refractivity contribution >= 4 is 29.2 Å². The molecule has 9 heteroatoms. The number of nitrogens with one attached hydrogen (secondary N) is 2. The van der Waals surface area contributed by atoms with Gasteiger partial charge in [0.1, 0.15) is 24.0 Å². The van der Waals surface area contributed by atoms with Crippen molar-refractivity contribution < 1.29 is 19.1 Å². The average molecular weight is 464 g/mol. The Morgan fingerprint density at radius 1 is 1.21 bits per heavy atom. The number of carbonyl (C=O) groups excluding carboxylic acids is 2. The third-order valence-corrected chi connectivity index (χ3v) is 6.03. The molecule has 1 unspecified atom stereocenters. The summed E-state index contributed by atoms with van der Waals surface area (Å²) in [5.41, 5.74) is 5.76. The van der Waals surface area contributed by atoms with Gasteiger partial charge in [-0.1, -0.05) is 30.3 Å². The van der Waals surface area contributed by atoms with Crippen LogP contribution in [0.5, 0.6) is 5.75 Å². The smallest absolute Gasteiger partial charge is 0.410 e. The second kappa shape index (κ2) is 8.23. The van der Waals surface area contributed by atoms with E-state index >= 15 is 0 Å². The maximum absolute atomic E-state index is 12.3. The fraction of sp³-hybridized carbons (Fsp3) is 0.400. The van der Waals surface area contributed by atoms with Crippen LogP contribution in [0, 0.1) is 0 Å². The summed E-state index contributed by atoms with van der Waals surface area (Å²) < 4.78 is 11.5. The second-order valence-corrected chi connectivity index (χ2v) is 9.80. The second-order valence-electron chi connectivity index (χ2n) is 9.80. The van der Waals surface area contributed by atoms with Crippen molar-refractivity contribution in [1.29, 1.82) is 0 Å². The molecular weight excluding hydrogens is 434 g/mol. The van der Waals surface area contributed by atoms with E-state index in [1.807, 2.05) is 75.1 Å². The predicted molar refractivity (Wildman–Crippen MR) is 130 cm³/mol. The molecule has 1 saturated heterocycles. The molecule has 0 aromatic heterocycles. The van der Waals surface area contributed by atoms with Gasteiger partial charge < -0.3 is 24.6 Å². The fourth-order valence-electron chi connectivity index (χ4n) is 4.31. The van der Waals surface area contributed by atoms with Gasteiger partial charge in [0, 0.05) is 24.3 Å². The van der Waals surface area contributed by atoms with E-state index in [1.54, 1.807) is 4.90 Å². The Balaban J connectivity index is 1.44. The molecular formula is C25H29N5O4. The Morgan fingerprint density at radius 2 is 1.94 bits per heavy atom. The van der Waals surface area contributed by atoms with Crippen LogP contribution in [0.3, 0.4) is 0 Å². The number of anilines is 2. The molecule has 34 heavy (non-hydrogen) atoms. The monoisotopic (exact) mass is 463 g/mol. The van der Waals surface area contributed by atoms with E-state index in [4.69, 9.17) is 9.47 Å². The van der Waals surface area contributed by atoms with Crippen LogP contribution < -0.4 is 20.4 Å². The van der Waals surface area contributed by atoms with Crippen LogP contribution in [0.25, 0.3) is 11.1 Å². The number of nitrogens with zero attached hydrogens (tertiary/aromatic N) is 3. The van der Waals surface area contributed by atoms with Gasteiger partial charge in [-0.05, 0) is 45.4 Å². The number of amides is 2. The highest BCUT2D eigenvalue weighted by molar-refractivity contribution is 6.10. The van der Waals surface area contributed by atoms with E-state index in [2.05, 4.69) is 15.8 Å². The van der Waals surface area contributed by atoms with Gasteiger partial charge in [-0.15, -0.1) is 0 Å². The first kappa shape index (κ1) is 22.1. The zero-order chi connectivity index (χ0) is 24.0. The molecule has 5 rings (SSSR count). The highest BCUT2D eigenvalue weighted by atomic mass is 16.6. The van der Waals surface area contributed by atoms with Crippen molar-refractivity contribution in [2.45, 2.75) is 45.4 Å². The van der Waals surface area contributed by atoms with Crippen LogP contribution in [0.4, 0.5) is 16.2 Å². The van der Waals surface area contributed by atoms with Crippen LogP contribution in [0.2, 0.25) is 0 Å². The minimum atomic E-state index is -0.523. The molecule has 0 saturated carbocycles. The summed E-state index contributed by atoms with van der Waals surface area (Å²) in [5.74, 6) is 1.21. The minimum absolute atomic E-state index is 0.0766. The summed E-state index contributed by atoms with van der Waals surface area (Å²) in [6, 6.07) is 13.8. The summed E-state index contributed by atoms with van der Waals surface area (Å²) in [6.45, 7) is 8.81. The van der Waals surface area contributed by atoms with Crippen molar-refractivity contribution in [3.63, 3.8) is 0 Å². The average Bonchev–Trinajstić information content (AvgIpc) is 2.77. The van der Waals surface area contributed by atoms with E-state index in [9.17, 15) is 9.59 Å². The minimum Gasteiger partial charge on any atom is -0.483 e. The molecule has 1 atom stereocenters. The topological polar surface area (TPSA) is 95.5 Å². The van der Waals surface area contributed by atoms with E-state index in [1.165, 1.54) is 0 Å². The fourth-order valence-corrected chi connectivity index (χ4v) is 4.31. The lowest BCUT2D eigenvalue weighted by atomic mass is 9.99. The van der Waals surface area contributed by atoms with Gasteiger partial charge in [-0.25, -0.2) is 10.2 Å². The molecule has 2 aromatic carbocycles. The number of ether oxygens (including phenoxy) is 2. The molecule has 2 amide bonds. The van der Waals surface area contributed by atoms with E-state index in [0.717, 1.165) is 22.5 Å². The number of fused-ring (bicyclic) bond motifs is 3. The number of amidine groups is 1. The predicted octanol–water partition coefficient (Wildman–Crippen LogP) is 3.42. The van der Waals surface area contributed by atoms with Gasteiger partial charge in [-0.3, -0.25) is 4.79 Å². The van der Waals surface area contributed by atoms with Gasteiger partial charge in [-0.2, -0.15) is 5.10 Å². The molecule has 9 nitrogen and oxygen atoms in total. The van der Waals surface area contributed by atoms with E-state index in [0.29, 0.717) is 24.7 Å². The Hall–Kier alpha value is -3.75. The molecule has 1 fully saturated rings. The van der Waals surface area contributed by atoms with Crippen molar-refractivity contribution in [3.05, 3.63) is 42.5 Å². The summed E-state index contributed by atoms with van der Waals surface area (Å²) >= 11 is 0. The Bertz CT molecular complexity index is 1150. The lowest BCUT2D eigenvalue weighted by Gasteiger charge is -2.41. The molecule has 0 bridgehead atoms. The molecule has 178 valence electrons. The summed E-state index contributed by atoms with van der Waals surface area (Å²) in [4.78, 5) is 28.3. The lowest BCUT2D eigenvalue weighted by molar-refractivity contribution is -0.122. The van der Waals surface area contributed by atoms with Gasteiger partial charge in [0.15, 0.2) is 5.84 Å². The molecule has 3 aliphatic heterocycles. The summed E-state index contributed by atoms with van der Waals surface area (Å²) in [7, 11) is 0. The zero-order valence-electron chi connectivity index (χ0n) is 19.8. The van der Waals surface area contributed by atoms with Crippen molar-refractivity contribution in [3.8, 4) is 16.9 Å². The molecule has 3 heterocycles. The normalized spacial score (nSPS) is 19.7. The van der Waals surface area contributed by atoms with E-state index < -0.39 is 11.6 Å². The van der Waals surface area contributed by atoms with Gasteiger partial charge in [0.05, 0.1) is 11.7 Å². The molecule has 3 aliphatic rings. The molecule has 2 aromatic rings. The number of carbonyl (C=O) groups is 2. The van der Waals surface area contributed by atoms with Gasteiger partial charge in [0.2, 0.25) is 0 Å². The number of rotatable bonds is 3. The third-order valence-electron chi connectivity index (χ3n) is 6.03. The SMILES string of the molecule is CC1C(=O)NN=C2COc3cc(-c4ccccc4)c(NC4CN(C(=O)OC(C)(C)C)C4)cc3N21. The number of hydrogen-bond acceptors (Lipinski definition) is 7. The number of likely N-dealkylation sites (tertiary alicyclic amines) is 1. The summed E-state index contributed by atoms with van der Waals surface area (Å²) in [6.07, 6.45) is -0.304. The molecule has 2 N–H and O–H groups in total. The van der Waals surface area contributed by atoms with Gasteiger partial charge in [0.25, 0.3) is 5.91 Å². The highest BCUT2D eigenvalue weighted by Crippen LogP contribution is 2.43. The maximum atomic E-state index is 12.3. The quantitative estimate of drug-likeness (QED) is 0.724. The van der Waals surface area contributed by atoms with Crippen LogP contribution in [-0.4, -0.2) is 60.1 Å². The van der Waals surface area contributed by atoms with Crippen LogP contribution in [0.1, 0.15) is 27.7 Å². The van der Waals surface area contributed by atoms with Crippen molar-refractivity contribution in [2.24, 2.45) is 5.10 Å². The Morgan fingerprint density at radius 3 is 2.65 bits per heavy atom. The first-order chi connectivity index (χ1) is 16.2. The van der Waals surface area contributed by atoms with Crippen LogP contribution >= 0.6 is 0 Å². The van der Waals surface area contributed by atoms with Crippen LogP contribution in [-0.2, 0) is 9.53 Å². The Kier molecular flexibility index (Phi) is 5.34. The lowest BCUT2D eigenvalue weighted by Crippen LogP contribution is -2.58.